The van der Waals surface area contributed by atoms with Crippen LogP contribution in [0.3, 0.4) is 0 Å². The third kappa shape index (κ3) is 5.61. The minimum absolute atomic E-state index is 0.0799. The van der Waals surface area contributed by atoms with E-state index in [0.717, 1.165) is 25.2 Å². The molecular formula is C28H32N2O6. The molecule has 2 fully saturated rings. The van der Waals surface area contributed by atoms with Crippen molar-refractivity contribution in [2.75, 3.05) is 53.1 Å². The van der Waals surface area contributed by atoms with E-state index in [4.69, 9.17) is 14.2 Å². The number of carbonyl (C=O) groups is 2. The number of likely N-dealkylation sites (tertiary alicyclic amines) is 1. The third-order valence-electron chi connectivity index (χ3n) is 6.44. The number of hydrogen-bond donors (Lipinski definition) is 1. The fourth-order valence-corrected chi connectivity index (χ4v) is 4.55. The number of nitrogens with zero attached hydrogens (tertiary/aromatic N) is 2. The van der Waals surface area contributed by atoms with E-state index >= 15 is 0 Å². The van der Waals surface area contributed by atoms with E-state index in [1.165, 1.54) is 0 Å². The SMILES string of the molecule is C=CCOc1ccc(/C(O)=C2\C(=O)C(=O)N(CCCN3CCOCC3)[C@@H]2c2ccc(OC)cc2)cc1. The summed E-state index contributed by atoms with van der Waals surface area (Å²) in [5, 5.41) is 11.2. The minimum Gasteiger partial charge on any atom is -0.507 e. The molecule has 2 aliphatic rings. The topological polar surface area (TPSA) is 88.5 Å². The van der Waals surface area contributed by atoms with E-state index in [2.05, 4.69) is 11.5 Å². The van der Waals surface area contributed by atoms with Crippen molar-refractivity contribution < 1.29 is 28.9 Å². The van der Waals surface area contributed by atoms with Crippen molar-refractivity contribution in [3.63, 3.8) is 0 Å². The lowest BCUT2D eigenvalue weighted by Crippen LogP contribution is -2.38. The molecule has 1 N–H and O–H groups in total. The molecular weight excluding hydrogens is 460 g/mol. The number of aliphatic hydroxyl groups excluding tert-OH is 1. The Morgan fingerprint density at radius 1 is 1.06 bits per heavy atom. The molecule has 0 aliphatic carbocycles. The molecule has 2 aromatic carbocycles. The van der Waals surface area contributed by atoms with Gasteiger partial charge in [-0.25, -0.2) is 0 Å². The molecule has 2 heterocycles. The molecule has 2 saturated heterocycles. The fourth-order valence-electron chi connectivity index (χ4n) is 4.55. The number of aliphatic hydroxyl groups is 1. The van der Waals surface area contributed by atoms with Crippen LogP contribution < -0.4 is 9.47 Å². The first-order valence-electron chi connectivity index (χ1n) is 12.1. The molecule has 0 bridgehead atoms. The Hall–Kier alpha value is -3.62. The number of ether oxygens (including phenoxy) is 3. The largest absolute Gasteiger partial charge is 0.507 e. The summed E-state index contributed by atoms with van der Waals surface area (Å²) in [6.45, 7) is 8.29. The number of rotatable bonds is 10. The Morgan fingerprint density at radius 3 is 2.36 bits per heavy atom. The van der Waals surface area contributed by atoms with Crippen LogP contribution in [0.4, 0.5) is 0 Å². The van der Waals surface area contributed by atoms with Crippen LogP contribution in [-0.2, 0) is 14.3 Å². The molecule has 4 rings (SSSR count). The molecule has 0 unspecified atom stereocenters. The summed E-state index contributed by atoms with van der Waals surface area (Å²) >= 11 is 0. The van der Waals surface area contributed by atoms with Crippen molar-refractivity contribution >= 4 is 17.4 Å². The summed E-state index contributed by atoms with van der Waals surface area (Å²) in [6, 6.07) is 13.3. The average Bonchev–Trinajstić information content (AvgIpc) is 3.17. The Bertz CT molecular complexity index is 1100. The van der Waals surface area contributed by atoms with Gasteiger partial charge in [-0.15, -0.1) is 0 Å². The Kier molecular flexibility index (Phi) is 8.40. The Labute approximate surface area is 211 Å². The Balaban J connectivity index is 1.64. The minimum atomic E-state index is -0.697. The first-order valence-corrected chi connectivity index (χ1v) is 12.1. The number of methoxy groups -OCH3 is 1. The van der Waals surface area contributed by atoms with Crippen LogP contribution in [-0.4, -0.2) is 79.7 Å². The number of carbonyl (C=O) groups excluding carboxylic acids is 2. The zero-order valence-corrected chi connectivity index (χ0v) is 20.5. The molecule has 2 aliphatic heterocycles. The monoisotopic (exact) mass is 492 g/mol. The van der Waals surface area contributed by atoms with Crippen LogP contribution in [0.15, 0.2) is 66.8 Å². The van der Waals surface area contributed by atoms with Crippen LogP contribution in [0.5, 0.6) is 11.5 Å². The van der Waals surface area contributed by atoms with Crippen molar-refractivity contribution in [1.82, 2.24) is 9.80 Å². The molecule has 2 aromatic rings. The maximum absolute atomic E-state index is 13.2. The van der Waals surface area contributed by atoms with E-state index in [0.29, 0.717) is 49.8 Å². The summed E-state index contributed by atoms with van der Waals surface area (Å²) in [7, 11) is 1.58. The zero-order valence-electron chi connectivity index (χ0n) is 20.5. The normalized spacial score (nSPS) is 19.9. The quantitative estimate of drug-likeness (QED) is 0.235. The van der Waals surface area contributed by atoms with E-state index < -0.39 is 17.7 Å². The molecule has 0 saturated carbocycles. The summed E-state index contributed by atoms with van der Waals surface area (Å²) in [5.41, 5.74) is 1.25. The lowest BCUT2D eigenvalue weighted by molar-refractivity contribution is -0.140. The maximum Gasteiger partial charge on any atom is 0.295 e. The average molecular weight is 493 g/mol. The van der Waals surface area contributed by atoms with Gasteiger partial charge in [-0.05, 0) is 48.4 Å². The van der Waals surface area contributed by atoms with Crippen molar-refractivity contribution in [3.8, 4) is 11.5 Å². The van der Waals surface area contributed by atoms with Crippen molar-refractivity contribution in [1.29, 1.82) is 0 Å². The fraction of sp³-hybridized carbons (Fsp3) is 0.357. The predicted octanol–water partition coefficient (Wildman–Crippen LogP) is 3.40. The highest BCUT2D eigenvalue weighted by molar-refractivity contribution is 6.46. The molecule has 1 amide bonds. The summed E-state index contributed by atoms with van der Waals surface area (Å²) < 4.78 is 16.2. The van der Waals surface area contributed by atoms with Gasteiger partial charge in [0.25, 0.3) is 11.7 Å². The van der Waals surface area contributed by atoms with Gasteiger partial charge in [-0.2, -0.15) is 0 Å². The highest BCUT2D eigenvalue weighted by atomic mass is 16.5. The van der Waals surface area contributed by atoms with Gasteiger partial charge >= 0.3 is 0 Å². The number of ketones is 1. The molecule has 0 radical (unpaired) electrons. The van der Waals surface area contributed by atoms with Crippen LogP contribution in [0.1, 0.15) is 23.6 Å². The second kappa shape index (κ2) is 11.9. The van der Waals surface area contributed by atoms with E-state index in [-0.39, 0.29) is 11.3 Å². The van der Waals surface area contributed by atoms with Gasteiger partial charge in [0.15, 0.2) is 0 Å². The highest BCUT2D eigenvalue weighted by Crippen LogP contribution is 2.40. The molecule has 8 heteroatoms. The van der Waals surface area contributed by atoms with Crippen LogP contribution in [0, 0.1) is 0 Å². The third-order valence-corrected chi connectivity index (χ3v) is 6.44. The van der Waals surface area contributed by atoms with Gasteiger partial charge in [0.2, 0.25) is 0 Å². The van der Waals surface area contributed by atoms with Crippen LogP contribution >= 0.6 is 0 Å². The molecule has 190 valence electrons. The van der Waals surface area contributed by atoms with E-state index in [1.54, 1.807) is 54.5 Å². The van der Waals surface area contributed by atoms with E-state index in [1.807, 2.05) is 12.1 Å². The number of morpholine rings is 1. The predicted molar refractivity (Wildman–Crippen MR) is 136 cm³/mol. The van der Waals surface area contributed by atoms with Gasteiger partial charge in [0.1, 0.15) is 23.9 Å². The smallest absolute Gasteiger partial charge is 0.295 e. The van der Waals surface area contributed by atoms with Gasteiger partial charge in [0.05, 0.1) is 31.9 Å². The lowest BCUT2D eigenvalue weighted by atomic mass is 9.95. The molecule has 0 aromatic heterocycles. The number of benzene rings is 2. The van der Waals surface area contributed by atoms with Crippen molar-refractivity contribution in [2.24, 2.45) is 0 Å². The summed E-state index contributed by atoms with van der Waals surface area (Å²) in [5.74, 6) is -0.225. The summed E-state index contributed by atoms with van der Waals surface area (Å²) in [6.07, 6.45) is 2.35. The second-order valence-corrected chi connectivity index (χ2v) is 8.70. The lowest BCUT2D eigenvalue weighted by Gasteiger charge is -2.29. The summed E-state index contributed by atoms with van der Waals surface area (Å²) in [4.78, 5) is 30.2. The van der Waals surface area contributed by atoms with Gasteiger partial charge in [-0.3, -0.25) is 14.5 Å². The zero-order chi connectivity index (χ0) is 25.5. The number of hydrogen-bond acceptors (Lipinski definition) is 7. The first-order chi connectivity index (χ1) is 17.5. The maximum atomic E-state index is 13.2. The molecule has 0 spiro atoms. The van der Waals surface area contributed by atoms with Crippen molar-refractivity contribution in [2.45, 2.75) is 12.5 Å². The van der Waals surface area contributed by atoms with E-state index in [9.17, 15) is 14.7 Å². The first kappa shape index (κ1) is 25.5. The highest BCUT2D eigenvalue weighted by Gasteiger charge is 2.45. The molecule has 1 atom stereocenters. The Morgan fingerprint density at radius 2 is 1.72 bits per heavy atom. The van der Waals surface area contributed by atoms with Crippen LogP contribution in [0.2, 0.25) is 0 Å². The number of amides is 1. The van der Waals surface area contributed by atoms with Gasteiger partial charge in [0, 0.05) is 31.7 Å². The van der Waals surface area contributed by atoms with Gasteiger partial charge in [-0.1, -0.05) is 24.8 Å². The van der Waals surface area contributed by atoms with Crippen LogP contribution in [0.25, 0.3) is 5.76 Å². The second-order valence-electron chi connectivity index (χ2n) is 8.70. The molecule has 36 heavy (non-hydrogen) atoms. The molecule has 8 nitrogen and oxygen atoms in total. The van der Waals surface area contributed by atoms with Gasteiger partial charge < -0.3 is 24.2 Å². The number of Topliss-reactive ketones (excluding diaryl/α,β-unsaturated/α-hetero) is 1. The van der Waals surface area contributed by atoms with Crippen molar-refractivity contribution in [3.05, 3.63) is 77.9 Å². The standard InChI is InChI=1S/C28H32N2O6/c1-3-17-36-23-11-7-21(8-12-23)26(31)24-25(20-5-9-22(34-2)10-6-20)30(28(33)27(24)32)14-4-13-29-15-18-35-19-16-29/h3,5-12,25,31H,1,4,13-19H2,2H3/b26-24+/t25-/m1/s1.